The third kappa shape index (κ3) is 4.46. The van der Waals surface area contributed by atoms with E-state index < -0.39 is 18.0 Å². The summed E-state index contributed by atoms with van der Waals surface area (Å²) in [6.45, 7) is 4.11. The maximum Gasteiger partial charge on any atom is 0.250 e. The first-order valence-corrected chi connectivity index (χ1v) is 12.2. The molecule has 0 fully saturated rings. The molecule has 0 spiro atoms. The maximum absolute atomic E-state index is 13.9. The van der Waals surface area contributed by atoms with Crippen molar-refractivity contribution < 1.29 is 14.4 Å². The van der Waals surface area contributed by atoms with Crippen molar-refractivity contribution in [2.24, 2.45) is 5.92 Å². The number of aromatic nitrogens is 4. The molecule has 3 amide bonds. The van der Waals surface area contributed by atoms with Crippen LogP contribution in [0.2, 0.25) is 0 Å². The largest absolute Gasteiger partial charge is 0.347 e. The van der Waals surface area contributed by atoms with Crippen LogP contribution in [0.3, 0.4) is 0 Å². The Kier molecular flexibility index (Phi) is 6.49. The van der Waals surface area contributed by atoms with Crippen molar-refractivity contribution in [3.05, 3.63) is 71.6 Å². The zero-order chi connectivity index (χ0) is 25.2. The predicted octanol–water partition coefficient (Wildman–Crippen LogP) is 1.64. The molecular formula is C26H29N7O3. The quantitative estimate of drug-likeness (QED) is 0.464. The zero-order valence-electron chi connectivity index (χ0n) is 20.3. The number of rotatable bonds is 7. The van der Waals surface area contributed by atoms with Crippen LogP contribution >= 0.6 is 0 Å². The van der Waals surface area contributed by atoms with E-state index in [1.807, 2.05) is 50.2 Å². The summed E-state index contributed by atoms with van der Waals surface area (Å²) in [6.07, 6.45) is 4.54. The summed E-state index contributed by atoms with van der Waals surface area (Å²) in [5, 5.41) is 12.4. The lowest BCUT2D eigenvalue weighted by atomic mass is 9.90. The van der Waals surface area contributed by atoms with Crippen LogP contribution in [0, 0.1) is 5.92 Å². The minimum atomic E-state index is -0.745. The molecule has 0 unspecified atom stereocenters. The second kappa shape index (κ2) is 9.88. The van der Waals surface area contributed by atoms with Gasteiger partial charge in [0.25, 0.3) is 0 Å². The van der Waals surface area contributed by atoms with E-state index in [9.17, 15) is 14.4 Å². The molecule has 2 aliphatic rings. The zero-order valence-corrected chi connectivity index (χ0v) is 20.3. The van der Waals surface area contributed by atoms with Gasteiger partial charge in [0.15, 0.2) is 0 Å². The number of nitrogens with zero attached hydrogens (tertiary/aromatic N) is 4. The number of hydrogen-bond acceptors (Lipinski definition) is 6. The van der Waals surface area contributed by atoms with Gasteiger partial charge in [0.1, 0.15) is 24.2 Å². The first-order valence-electron chi connectivity index (χ1n) is 12.2. The fourth-order valence-corrected chi connectivity index (χ4v) is 5.18. The topological polar surface area (TPSA) is 133 Å². The third-order valence-electron chi connectivity index (χ3n) is 6.88. The van der Waals surface area contributed by atoms with Gasteiger partial charge in [-0.3, -0.25) is 29.4 Å². The number of pyridine rings is 1. The van der Waals surface area contributed by atoms with E-state index in [2.05, 4.69) is 30.8 Å². The Bertz CT molecular complexity index is 1260. The summed E-state index contributed by atoms with van der Waals surface area (Å²) in [6, 6.07) is 9.95. The Morgan fingerprint density at radius 2 is 1.97 bits per heavy atom. The molecule has 3 aromatic rings. The van der Waals surface area contributed by atoms with E-state index in [0.717, 1.165) is 16.8 Å². The van der Waals surface area contributed by atoms with Crippen LogP contribution in [0.15, 0.2) is 48.9 Å². The number of aromatic amines is 1. The Hall–Kier alpha value is -4.08. The SMILES string of the molecule is CC(C)[C@@H](C(=O)N[C@H]1CCc2cccc3c2N(C1=O)[C@H](C(=O)NCc1ncn[nH]1)C3)c1ccccn1. The lowest BCUT2D eigenvalue weighted by Crippen LogP contribution is -2.55. The van der Waals surface area contributed by atoms with Crippen molar-refractivity contribution in [1.29, 1.82) is 0 Å². The summed E-state index contributed by atoms with van der Waals surface area (Å²) in [5.74, 6) is -0.747. The molecule has 36 heavy (non-hydrogen) atoms. The predicted molar refractivity (Wildman–Crippen MR) is 132 cm³/mol. The Morgan fingerprint density at radius 3 is 2.69 bits per heavy atom. The van der Waals surface area contributed by atoms with Crippen LogP contribution < -0.4 is 15.5 Å². The Balaban J connectivity index is 1.39. The van der Waals surface area contributed by atoms with Crippen LogP contribution in [0.1, 0.15) is 48.8 Å². The summed E-state index contributed by atoms with van der Waals surface area (Å²) < 4.78 is 0. The number of amides is 3. The number of nitrogens with one attached hydrogen (secondary N) is 3. The molecule has 186 valence electrons. The summed E-state index contributed by atoms with van der Waals surface area (Å²) >= 11 is 0. The first-order chi connectivity index (χ1) is 17.4. The summed E-state index contributed by atoms with van der Waals surface area (Å²) in [5.41, 5.74) is 3.43. The monoisotopic (exact) mass is 487 g/mol. The highest BCUT2D eigenvalue weighted by molar-refractivity contribution is 6.08. The molecule has 0 radical (unpaired) electrons. The molecule has 10 nitrogen and oxygen atoms in total. The molecule has 5 rings (SSSR count). The molecule has 0 bridgehead atoms. The van der Waals surface area contributed by atoms with Crippen molar-refractivity contribution >= 4 is 23.4 Å². The van der Waals surface area contributed by atoms with E-state index in [4.69, 9.17) is 0 Å². The average Bonchev–Trinajstić information content (AvgIpc) is 3.50. The summed E-state index contributed by atoms with van der Waals surface area (Å²) in [4.78, 5) is 50.5. The standard InChI is InChI=1S/C26H29N7O3/c1-15(2)22(18-8-3-4-11-27-18)25(35)31-19-10-9-16-6-5-7-17-12-20(33(23(16)17)26(19)36)24(34)28-13-21-29-14-30-32-21/h3-8,11,14-15,19-20,22H,9-10,12-13H2,1-2H3,(H,28,34)(H,31,35)(H,29,30,32)/t19-,20-,22+/m0/s1. The van der Waals surface area contributed by atoms with Gasteiger partial charge in [0.2, 0.25) is 17.7 Å². The molecule has 10 heteroatoms. The molecule has 0 saturated heterocycles. The minimum absolute atomic E-state index is 0.00835. The van der Waals surface area contributed by atoms with Gasteiger partial charge >= 0.3 is 0 Å². The van der Waals surface area contributed by atoms with Crippen LogP contribution in [0.25, 0.3) is 0 Å². The average molecular weight is 488 g/mol. The Morgan fingerprint density at radius 1 is 1.14 bits per heavy atom. The normalized spacial score (nSPS) is 19.5. The second-order valence-electron chi connectivity index (χ2n) is 9.58. The van der Waals surface area contributed by atoms with Crippen molar-refractivity contribution in [2.45, 2.75) is 57.7 Å². The van der Waals surface area contributed by atoms with Crippen LogP contribution in [-0.4, -0.2) is 50.0 Å². The Labute approximate surface area is 208 Å². The van der Waals surface area contributed by atoms with Crippen molar-refractivity contribution in [3.8, 4) is 0 Å². The van der Waals surface area contributed by atoms with E-state index in [-0.39, 0.29) is 30.2 Å². The molecule has 1 aromatic carbocycles. The first kappa shape index (κ1) is 23.7. The number of carbonyl (C=O) groups excluding carboxylic acids is 3. The smallest absolute Gasteiger partial charge is 0.250 e. The van der Waals surface area contributed by atoms with E-state index in [1.165, 1.54) is 6.33 Å². The molecule has 3 atom stereocenters. The molecule has 4 heterocycles. The van der Waals surface area contributed by atoms with Gasteiger partial charge in [-0.15, -0.1) is 0 Å². The number of hydrogen-bond donors (Lipinski definition) is 3. The summed E-state index contributed by atoms with van der Waals surface area (Å²) in [7, 11) is 0. The molecule has 0 saturated carbocycles. The number of benzene rings is 1. The second-order valence-corrected chi connectivity index (χ2v) is 9.58. The third-order valence-corrected chi connectivity index (χ3v) is 6.88. The molecular weight excluding hydrogens is 458 g/mol. The van der Waals surface area contributed by atoms with Crippen LogP contribution in [-0.2, 0) is 33.8 Å². The number of H-pyrrole nitrogens is 1. The van der Waals surface area contributed by atoms with E-state index in [1.54, 1.807) is 11.1 Å². The lowest BCUT2D eigenvalue weighted by Gasteiger charge is -2.29. The fraction of sp³-hybridized carbons (Fsp3) is 0.385. The number of aryl methyl sites for hydroxylation is 1. The van der Waals surface area contributed by atoms with Gasteiger partial charge in [-0.2, -0.15) is 5.10 Å². The highest BCUT2D eigenvalue weighted by Gasteiger charge is 2.44. The van der Waals surface area contributed by atoms with Crippen LogP contribution in [0.5, 0.6) is 0 Å². The van der Waals surface area contributed by atoms with Crippen molar-refractivity contribution in [1.82, 2.24) is 30.8 Å². The van der Waals surface area contributed by atoms with Crippen molar-refractivity contribution in [3.63, 3.8) is 0 Å². The van der Waals surface area contributed by atoms with Crippen LogP contribution in [0.4, 0.5) is 5.69 Å². The fourth-order valence-electron chi connectivity index (χ4n) is 5.18. The van der Waals surface area contributed by atoms with Gasteiger partial charge < -0.3 is 10.6 Å². The van der Waals surface area contributed by atoms with Crippen molar-refractivity contribution in [2.75, 3.05) is 4.90 Å². The molecule has 2 aromatic heterocycles. The van der Waals surface area contributed by atoms with Gasteiger partial charge in [-0.1, -0.05) is 38.1 Å². The minimum Gasteiger partial charge on any atom is -0.347 e. The van der Waals surface area contributed by atoms with Gasteiger partial charge in [0, 0.05) is 12.6 Å². The molecule has 0 aliphatic carbocycles. The molecule has 2 aliphatic heterocycles. The number of carbonyl (C=O) groups is 3. The number of anilines is 1. The van der Waals surface area contributed by atoms with E-state index in [0.29, 0.717) is 30.8 Å². The van der Waals surface area contributed by atoms with Gasteiger partial charge in [-0.25, -0.2) is 4.98 Å². The van der Waals surface area contributed by atoms with E-state index >= 15 is 0 Å². The highest BCUT2D eigenvalue weighted by atomic mass is 16.2. The lowest BCUT2D eigenvalue weighted by molar-refractivity contribution is -0.130. The number of para-hydroxylation sites is 1. The molecule has 3 N–H and O–H groups in total. The van der Waals surface area contributed by atoms with Gasteiger partial charge in [-0.05, 0) is 42.0 Å². The highest BCUT2D eigenvalue weighted by Crippen LogP contribution is 2.39. The maximum atomic E-state index is 13.9. The van der Waals surface area contributed by atoms with Gasteiger partial charge in [0.05, 0.1) is 23.8 Å².